The van der Waals surface area contributed by atoms with Gasteiger partial charge in [0.2, 0.25) is 0 Å². The Morgan fingerprint density at radius 2 is 1.83 bits per heavy atom. The molecule has 3 aromatic rings. The van der Waals surface area contributed by atoms with E-state index in [2.05, 4.69) is 10.3 Å². The van der Waals surface area contributed by atoms with Gasteiger partial charge in [0.05, 0.1) is 23.9 Å². The lowest BCUT2D eigenvalue weighted by molar-refractivity contribution is 0.105. The SMILES string of the molecule is OCC(O)CNc1cc(-c2ccccc2)nc2cc(O)ccc12. The van der Waals surface area contributed by atoms with Gasteiger partial charge in [0.25, 0.3) is 0 Å². The van der Waals surface area contributed by atoms with Crippen LogP contribution in [0.5, 0.6) is 5.75 Å². The minimum absolute atomic E-state index is 0.150. The Bertz CT molecular complexity index is 806. The van der Waals surface area contributed by atoms with E-state index in [0.29, 0.717) is 5.52 Å². The van der Waals surface area contributed by atoms with Gasteiger partial charge in [-0.15, -0.1) is 0 Å². The summed E-state index contributed by atoms with van der Waals surface area (Å²) >= 11 is 0. The molecule has 0 amide bonds. The van der Waals surface area contributed by atoms with Gasteiger partial charge in [0.1, 0.15) is 5.75 Å². The highest BCUT2D eigenvalue weighted by Crippen LogP contribution is 2.30. The third-order valence-electron chi connectivity index (χ3n) is 3.60. The van der Waals surface area contributed by atoms with Gasteiger partial charge in [-0.3, -0.25) is 0 Å². The number of hydrogen-bond donors (Lipinski definition) is 4. The maximum atomic E-state index is 9.71. The zero-order valence-electron chi connectivity index (χ0n) is 12.5. The van der Waals surface area contributed by atoms with Crippen LogP contribution in [0.25, 0.3) is 22.2 Å². The first-order valence-electron chi connectivity index (χ1n) is 7.39. The summed E-state index contributed by atoms with van der Waals surface area (Å²) in [4.78, 5) is 4.60. The third kappa shape index (κ3) is 3.41. The largest absolute Gasteiger partial charge is 0.508 e. The van der Waals surface area contributed by atoms with Gasteiger partial charge in [-0.1, -0.05) is 30.3 Å². The zero-order chi connectivity index (χ0) is 16.2. The fraction of sp³-hybridized carbons (Fsp3) is 0.167. The van der Waals surface area contributed by atoms with Crippen LogP contribution in [0.4, 0.5) is 5.69 Å². The molecule has 0 aliphatic heterocycles. The smallest absolute Gasteiger partial charge is 0.117 e. The number of anilines is 1. The molecule has 0 spiro atoms. The topological polar surface area (TPSA) is 85.6 Å². The number of nitrogens with one attached hydrogen (secondary N) is 1. The zero-order valence-corrected chi connectivity index (χ0v) is 12.5. The number of aliphatic hydroxyl groups is 2. The van der Waals surface area contributed by atoms with Crippen molar-refractivity contribution in [1.82, 2.24) is 4.98 Å². The van der Waals surface area contributed by atoms with Crippen LogP contribution in [0.2, 0.25) is 0 Å². The standard InChI is InChI=1S/C18H18N2O3/c21-11-14(23)10-19-17-9-16(12-4-2-1-3-5-12)20-18-8-13(22)6-7-15(17)18/h1-9,14,21-23H,10-11H2,(H,19,20). The quantitative estimate of drug-likeness (QED) is 0.581. The summed E-state index contributed by atoms with van der Waals surface area (Å²) in [5.41, 5.74) is 3.18. The number of pyridine rings is 1. The average molecular weight is 310 g/mol. The molecule has 118 valence electrons. The van der Waals surface area contributed by atoms with Crippen LogP contribution in [0.15, 0.2) is 54.6 Å². The van der Waals surface area contributed by atoms with E-state index in [1.54, 1.807) is 18.2 Å². The molecule has 1 atom stereocenters. The van der Waals surface area contributed by atoms with Gasteiger partial charge in [-0.25, -0.2) is 4.98 Å². The number of phenolic OH excluding ortho intramolecular Hbond substituents is 1. The second-order valence-corrected chi connectivity index (χ2v) is 5.34. The third-order valence-corrected chi connectivity index (χ3v) is 3.60. The maximum Gasteiger partial charge on any atom is 0.117 e. The lowest BCUT2D eigenvalue weighted by Gasteiger charge is -2.14. The predicted molar refractivity (Wildman–Crippen MR) is 90.4 cm³/mol. The van der Waals surface area contributed by atoms with Crippen molar-refractivity contribution in [3.63, 3.8) is 0 Å². The van der Waals surface area contributed by atoms with Gasteiger partial charge in [-0.05, 0) is 18.2 Å². The van der Waals surface area contributed by atoms with Gasteiger partial charge >= 0.3 is 0 Å². The average Bonchev–Trinajstić information content (AvgIpc) is 2.59. The molecule has 1 aromatic heterocycles. The monoisotopic (exact) mass is 310 g/mol. The number of rotatable bonds is 5. The minimum atomic E-state index is -0.837. The molecule has 1 heterocycles. The van der Waals surface area contributed by atoms with E-state index in [1.807, 2.05) is 36.4 Å². The van der Waals surface area contributed by atoms with Crippen molar-refractivity contribution in [1.29, 1.82) is 0 Å². The van der Waals surface area contributed by atoms with Crippen LogP contribution in [-0.2, 0) is 0 Å². The van der Waals surface area contributed by atoms with Gasteiger partial charge in [-0.2, -0.15) is 0 Å². The molecule has 0 aliphatic carbocycles. The van der Waals surface area contributed by atoms with E-state index in [4.69, 9.17) is 5.11 Å². The van der Waals surface area contributed by atoms with Gasteiger partial charge < -0.3 is 20.6 Å². The number of benzene rings is 2. The highest BCUT2D eigenvalue weighted by Gasteiger charge is 2.10. The highest BCUT2D eigenvalue weighted by atomic mass is 16.3. The molecular weight excluding hydrogens is 292 g/mol. The minimum Gasteiger partial charge on any atom is -0.508 e. The number of nitrogens with zero attached hydrogens (tertiary/aromatic N) is 1. The number of fused-ring (bicyclic) bond motifs is 1. The molecule has 0 radical (unpaired) electrons. The number of aromatic hydroxyl groups is 1. The van der Waals surface area contributed by atoms with Crippen LogP contribution < -0.4 is 5.32 Å². The molecule has 4 N–H and O–H groups in total. The summed E-state index contributed by atoms with van der Waals surface area (Å²) in [6, 6.07) is 16.6. The van der Waals surface area contributed by atoms with Crippen LogP contribution in [0.1, 0.15) is 0 Å². The molecule has 0 fully saturated rings. The fourth-order valence-electron chi connectivity index (χ4n) is 2.41. The molecule has 5 heteroatoms. The molecule has 3 rings (SSSR count). The summed E-state index contributed by atoms with van der Waals surface area (Å²) in [6.45, 7) is -0.0763. The summed E-state index contributed by atoms with van der Waals surface area (Å²) < 4.78 is 0. The first kappa shape index (κ1) is 15.3. The molecule has 5 nitrogen and oxygen atoms in total. The molecule has 0 bridgehead atoms. The molecule has 1 unspecified atom stereocenters. The van der Waals surface area contributed by atoms with Crippen molar-refractivity contribution in [2.45, 2.75) is 6.10 Å². The highest BCUT2D eigenvalue weighted by molar-refractivity contribution is 5.94. The Balaban J connectivity index is 2.08. The van der Waals surface area contributed by atoms with Crippen molar-refractivity contribution < 1.29 is 15.3 Å². The van der Waals surface area contributed by atoms with E-state index < -0.39 is 6.10 Å². The molecule has 0 saturated heterocycles. The van der Waals surface area contributed by atoms with Crippen molar-refractivity contribution in [3.05, 3.63) is 54.6 Å². The first-order chi connectivity index (χ1) is 11.2. The second-order valence-electron chi connectivity index (χ2n) is 5.34. The van der Waals surface area contributed by atoms with E-state index in [1.165, 1.54) is 0 Å². The van der Waals surface area contributed by atoms with Crippen LogP contribution in [-0.4, -0.2) is 39.6 Å². The Labute approximate surface area is 133 Å². The summed E-state index contributed by atoms with van der Waals surface area (Å²) in [5.74, 6) is 0.150. The Morgan fingerprint density at radius 3 is 2.57 bits per heavy atom. The molecular formula is C18H18N2O3. The van der Waals surface area contributed by atoms with Crippen molar-refractivity contribution in [2.24, 2.45) is 0 Å². The lowest BCUT2D eigenvalue weighted by Crippen LogP contribution is -2.23. The van der Waals surface area contributed by atoms with E-state index >= 15 is 0 Å². The number of aromatic nitrogens is 1. The lowest BCUT2D eigenvalue weighted by atomic mass is 10.1. The van der Waals surface area contributed by atoms with E-state index in [0.717, 1.165) is 22.3 Å². The van der Waals surface area contributed by atoms with Crippen LogP contribution in [0, 0.1) is 0 Å². The molecule has 23 heavy (non-hydrogen) atoms. The van der Waals surface area contributed by atoms with Gasteiger partial charge in [0, 0.05) is 29.2 Å². The number of hydrogen-bond acceptors (Lipinski definition) is 5. The van der Waals surface area contributed by atoms with Crippen LogP contribution in [0.3, 0.4) is 0 Å². The number of phenols is 1. The maximum absolute atomic E-state index is 9.71. The molecule has 2 aromatic carbocycles. The van der Waals surface area contributed by atoms with Crippen molar-refractivity contribution in [2.75, 3.05) is 18.5 Å². The van der Waals surface area contributed by atoms with Crippen molar-refractivity contribution in [3.8, 4) is 17.0 Å². The normalized spacial score (nSPS) is 12.3. The Morgan fingerprint density at radius 1 is 1.04 bits per heavy atom. The van der Waals surface area contributed by atoms with E-state index in [-0.39, 0.29) is 18.9 Å². The number of aliphatic hydroxyl groups excluding tert-OH is 2. The summed E-state index contributed by atoms with van der Waals surface area (Å²) in [6.07, 6.45) is -0.837. The second kappa shape index (κ2) is 6.64. The Hall–Kier alpha value is -2.63. The first-order valence-corrected chi connectivity index (χ1v) is 7.39. The predicted octanol–water partition coefficient (Wildman–Crippen LogP) is 2.37. The Kier molecular flexibility index (Phi) is 4.41. The molecule has 0 aliphatic rings. The van der Waals surface area contributed by atoms with Crippen molar-refractivity contribution >= 4 is 16.6 Å². The van der Waals surface area contributed by atoms with Gasteiger partial charge in [0.15, 0.2) is 0 Å². The summed E-state index contributed by atoms with van der Waals surface area (Å²) in [7, 11) is 0. The van der Waals surface area contributed by atoms with E-state index in [9.17, 15) is 10.2 Å². The molecule has 0 saturated carbocycles. The summed E-state index contributed by atoms with van der Waals surface area (Å²) in [5, 5.41) is 32.2. The van der Waals surface area contributed by atoms with Crippen LogP contribution >= 0.6 is 0 Å². The fourth-order valence-corrected chi connectivity index (χ4v) is 2.41.